The molecule has 0 radical (unpaired) electrons. The fourth-order valence-corrected chi connectivity index (χ4v) is 0.598. The van der Waals surface area contributed by atoms with Gasteiger partial charge in [0.25, 0.3) is 0 Å². The van der Waals surface area contributed by atoms with Crippen LogP contribution in [0.15, 0.2) is 0 Å². The van der Waals surface area contributed by atoms with Crippen LogP contribution >= 0.6 is 0 Å². The number of amides is 1. The summed E-state index contributed by atoms with van der Waals surface area (Å²) < 4.78 is 0. The molecule has 0 fully saturated rings. The van der Waals surface area contributed by atoms with Gasteiger partial charge in [-0.15, -0.1) is 10.2 Å². The highest BCUT2D eigenvalue weighted by Crippen LogP contribution is 1.82. The zero-order valence-electron chi connectivity index (χ0n) is 6.40. The molecule has 1 amide bonds. The van der Waals surface area contributed by atoms with Gasteiger partial charge in [-0.05, 0) is 5.21 Å². The summed E-state index contributed by atoms with van der Waals surface area (Å²) in [4.78, 5) is 11.8. The molecule has 1 rings (SSSR count). The van der Waals surface area contributed by atoms with Gasteiger partial charge < -0.3 is 5.32 Å². The maximum absolute atomic E-state index is 10.4. The second kappa shape index (κ2) is 3.09. The van der Waals surface area contributed by atoms with E-state index in [1.807, 2.05) is 0 Å². The Morgan fingerprint density at radius 3 is 2.91 bits per heavy atom. The molecule has 0 aromatic carbocycles. The Morgan fingerprint density at radius 2 is 2.45 bits per heavy atom. The summed E-state index contributed by atoms with van der Waals surface area (Å²) >= 11 is 0. The van der Waals surface area contributed by atoms with E-state index in [9.17, 15) is 4.79 Å². The number of carbonyl (C=O) groups excluding carboxylic acids is 1. The van der Waals surface area contributed by atoms with E-state index >= 15 is 0 Å². The zero-order chi connectivity index (χ0) is 8.27. The van der Waals surface area contributed by atoms with Crippen molar-refractivity contribution in [1.29, 1.82) is 0 Å². The molecule has 0 aliphatic rings. The van der Waals surface area contributed by atoms with Crippen molar-refractivity contribution < 1.29 is 4.79 Å². The van der Waals surface area contributed by atoms with Gasteiger partial charge in [-0.25, -0.2) is 0 Å². The number of nitrogens with one attached hydrogen (secondary N) is 1. The first kappa shape index (κ1) is 7.64. The van der Waals surface area contributed by atoms with Crippen LogP contribution in [0.3, 0.4) is 0 Å². The standard InChI is InChI=1S/C5H9N5O/c1-4(11)6-3-5-7-9-10(2)8-5/h3H2,1-2H3,(H,6,11). The molecule has 6 nitrogen and oxygen atoms in total. The fraction of sp³-hybridized carbons (Fsp3) is 0.600. The van der Waals surface area contributed by atoms with Gasteiger partial charge >= 0.3 is 0 Å². The first-order chi connectivity index (χ1) is 5.18. The van der Waals surface area contributed by atoms with Crippen LogP contribution in [0, 0.1) is 0 Å². The summed E-state index contributed by atoms with van der Waals surface area (Å²) in [5, 5.41) is 13.7. The average Bonchev–Trinajstić information content (AvgIpc) is 2.31. The van der Waals surface area contributed by atoms with Crippen molar-refractivity contribution in [2.24, 2.45) is 7.05 Å². The number of tetrazole rings is 1. The highest BCUT2D eigenvalue weighted by atomic mass is 16.1. The van der Waals surface area contributed by atoms with Crippen LogP contribution < -0.4 is 5.32 Å². The van der Waals surface area contributed by atoms with Crippen LogP contribution in [0.1, 0.15) is 12.7 Å². The summed E-state index contributed by atoms with van der Waals surface area (Å²) in [6.07, 6.45) is 0. The average molecular weight is 155 g/mol. The molecule has 0 saturated carbocycles. The second-order valence-corrected chi connectivity index (χ2v) is 2.10. The number of aryl methyl sites for hydroxylation is 1. The molecule has 6 heteroatoms. The molecule has 11 heavy (non-hydrogen) atoms. The highest BCUT2D eigenvalue weighted by Gasteiger charge is 1.99. The predicted molar refractivity (Wildman–Crippen MR) is 36.3 cm³/mol. The molecule has 0 atom stereocenters. The third-order valence-corrected chi connectivity index (χ3v) is 1.05. The topological polar surface area (TPSA) is 72.7 Å². The van der Waals surface area contributed by atoms with E-state index in [1.165, 1.54) is 11.7 Å². The first-order valence-corrected chi connectivity index (χ1v) is 3.16. The van der Waals surface area contributed by atoms with E-state index < -0.39 is 0 Å². The predicted octanol–water partition coefficient (Wildman–Crippen LogP) is -1.15. The van der Waals surface area contributed by atoms with Gasteiger partial charge in [-0.1, -0.05) is 0 Å². The Labute approximate surface area is 63.6 Å². The number of rotatable bonds is 2. The Hall–Kier alpha value is -1.46. The van der Waals surface area contributed by atoms with Crippen molar-refractivity contribution in [3.8, 4) is 0 Å². The molecule has 1 heterocycles. The lowest BCUT2D eigenvalue weighted by Crippen LogP contribution is -2.19. The maximum atomic E-state index is 10.4. The van der Waals surface area contributed by atoms with Gasteiger partial charge in [0, 0.05) is 6.92 Å². The molecule has 0 saturated heterocycles. The van der Waals surface area contributed by atoms with Crippen molar-refractivity contribution in [3.63, 3.8) is 0 Å². The lowest BCUT2D eigenvalue weighted by atomic mass is 10.6. The maximum Gasteiger partial charge on any atom is 0.217 e. The van der Waals surface area contributed by atoms with Crippen LogP contribution in [0.2, 0.25) is 0 Å². The molecular weight excluding hydrogens is 146 g/mol. The minimum atomic E-state index is -0.0996. The van der Waals surface area contributed by atoms with E-state index in [0.717, 1.165) is 0 Å². The number of carbonyl (C=O) groups is 1. The number of nitrogens with zero attached hydrogens (tertiary/aromatic N) is 4. The van der Waals surface area contributed by atoms with E-state index in [1.54, 1.807) is 7.05 Å². The summed E-state index contributed by atoms with van der Waals surface area (Å²) in [6.45, 7) is 1.78. The highest BCUT2D eigenvalue weighted by molar-refractivity contribution is 5.72. The minimum absolute atomic E-state index is 0.0996. The smallest absolute Gasteiger partial charge is 0.217 e. The Morgan fingerprint density at radius 1 is 1.73 bits per heavy atom. The normalized spacial score (nSPS) is 9.64. The van der Waals surface area contributed by atoms with Crippen LogP contribution in [-0.4, -0.2) is 26.1 Å². The van der Waals surface area contributed by atoms with Gasteiger partial charge in [0.1, 0.15) is 0 Å². The zero-order valence-corrected chi connectivity index (χ0v) is 6.40. The molecule has 0 aliphatic carbocycles. The SMILES string of the molecule is CC(=O)NCc1nnn(C)n1. The molecule has 1 N–H and O–H groups in total. The lowest BCUT2D eigenvalue weighted by Gasteiger charge is -1.93. The van der Waals surface area contributed by atoms with E-state index in [2.05, 4.69) is 20.7 Å². The van der Waals surface area contributed by atoms with Crippen molar-refractivity contribution in [1.82, 2.24) is 25.5 Å². The van der Waals surface area contributed by atoms with Gasteiger partial charge in [-0.3, -0.25) is 4.79 Å². The van der Waals surface area contributed by atoms with Crippen molar-refractivity contribution in [3.05, 3.63) is 5.82 Å². The Kier molecular flexibility index (Phi) is 2.15. The first-order valence-electron chi connectivity index (χ1n) is 3.16. The van der Waals surface area contributed by atoms with E-state index in [0.29, 0.717) is 12.4 Å². The third kappa shape index (κ3) is 2.32. The van der Waals surface area contributed by atoms with Crippen LogP contribution in [-0.2, 0) is 18.4 Å². The molecule has 0 unspecified atom stereocenters. The van der Waals surface area contributed by atoms with Crippen LogP contribution in [0.5, 0.6) is 0 Å². The Bertz CT molecular complexity index is 255. The number of hydrogen-bond donors (Lipinski definition) is 1. The summed E-state index contributed by atoms with van der Waals surface area (Å²) in [6, 6.07) is 0. The van der Waals surface area contributed by atoms with Crippen LogP contribution in [0.4, 0.5) is 0 Å². The van der Waals surface area contributed by atoms with Gasteiger partial charge in [0.15, 0.2) is 5.82 Å². The number of aromatic nitrogens is 4. The molecule has 0 spiro atoms. The van der Waals surface area contributed by atoms with E-state index in [-0.39, 0.29) is 5.91 Å². The number of hydrogen-bond acceptors (Lipinski definition) is 4. The fourth-order valence-electron chi connectivity index (χ4n) is 0.598. The monoisotopic (exact) mass is 155 g/mol. The molecule has 0 bridgehead atoms. The third-order valence-electron chi connectivity index (χ3n) is 1.05. The Balaban J connectivity index is 2.45. The summed E-state index contributed by atoms with van der Waals surface area (Å²) in [7, 11) is 1.67. The van der Waals surface area contributed by atoms with Crippen molar-refractivity contribution in [2.45, 2.75) is 13.5 Å². The van der Waals surface area contributed by atoms with Crippen molar-refractivity contribution >= 4 is 5.91 Å². The van der Waals surface area contributed by atoms with Gasteiger partial charge in [-0.2, -0.15) is 4.80 Å². The van der Waals surface area contributed by atoms with Crippen LogP contribution in [0.25, 0.3) is 0 Å². The minimum Gasteiger partial charge on any atom is -0.349 e. The van der Waals surface area contributed by atoms with Crippen molar-refractivity contribution in [2.75, 3.05) is 0 Å². The summed E-state index contributed by atoms with van der Waals surface area (Å²) in [5.74, 6) is 0.417. The molecule has 1 aromatic rings. The molecular formula is C5H9N5O. The summed E-state index contributed by atoms with van der Waals surface area (Å²) in [5.41, 5.74) is 0. The second-order valence-electron chi connectivity index (χ2n) is 2.10. The largest absolute Gasteiger partial charge is 0.349 e. The van der Waals surface area contributed by atoms with Gasteiger partial charge in [0.2, 0.25) is 5.91 Å². The van der Waals surface area contributed by atoms with Gasteiger partial charge in [0.05, 0.1) is 13.6 Å². The quantitative estimate of drug-likeness (QED) is 0.585. The van der Waals surface area contributed by atoms with E-state index in [4.69, 9.17) is 0 Å². The molecule has 60 valence electrons. The molecule has 1 aromatic heterocycles. The molecule has 0 aliphatic heterocycles. The lowest BCUT2D eigenvalue weighted by molar-refractivity contribution is -0.119.